The lowest BCUT2D eigenvalue weighted by Gasteiger charge is -2.38. The molecule has 12 heteroatoms. The van der Waals surface area contributed by atoms with Crippen LogP contribution in [0.5, 0.6) is 0 Å². The average Bonchev–Trinajstić information content (AvgIpc) is 3.43. The highest BCUT2D eigenvalue weighted by Gasteiger charge is 2.41. The Morgan fingerprint density at radius 3 is 2.26 bits per heavy atom. The normalized spacial score (nSPS) is 19.2. The summed E-state index contributed by atoms with van der Waals surface area (Å²) in [7, 11) is 1.81. The Morgan fingerprint density at radius 1 is 0.953 bits per heavy atom. The molecule has 0 bridgehead atoms. The fourth-order valence-corrected chi connectivity index (χ4v) is 6.16. The zero-order valence-corrected chi connectivity index (χ0v) is 24.8. The first-order valence-corrected chi connectivity index (χ1v) is 14.5. The van der Waals surface area contributed by atoms with Gasteiger partial charge in [-0.05, 0) is 66.7 Å². The molecule has 0 N–H and O–H groups in total. The Hall–Kier alpha value is -3.52. The number of amides is 2. The highest BCUT2D eigenvalue weighted by molar-refractivity contribution is 6.42. The lowest BCUT2D eigenvalue weighted by molar-refractivity contribution is -0.140. The molecule has 3 aromatic carbocycles. The Balaban J connectivity index is 1.31. The Labute approximate surface area is 257 Å². The topological polar surface area (TPSA) is 53.8 Å². The molecule has 0 spiro atoms. The largest absolute Gasteiger partial charge is 0.419 e. The number of halogens is 6. The predicted octanol–water partition coefficient (Wildman–Crippen LogP) is 6.86. The van der Waals surface area contributed by atoms with Crippen LogP contribution in [0.15, 0.2) is 60.7 Å². The molecule has 2 saturated heterocycles. The van der Waals surface area contributed by atoms with Crippen LogP contribution in [0.4, 0.5) is 28.0 Å². The third kappa shape index (κ3) is 6.85. The Morgan fingerprint density at radius 2 is 1.65 bits per heavy atom. The number of carbonyl (C=O) groups excluding carboxylic acids is 1. The van der Waals surface area contributed by atoms with E-state index in [1.807, 2.05) is 35.0 Å². The fraction of sp³-hybridized carbons (Fsp3) is 0.355. The summed E-state index contributed by atoms with van der Waals surface area (Å²) in [6.45, 7) is 3.30. The lowest BCUT2D eigenvalue weighted by atomic mass is 9.93. The molecule has 2 aliphatic rings. The molecule has 2 aliphatic heterocycles. The summed E-state index contributed by atoms with van der Waals surface area (Å²) < 4.78 is 53.5. The van der Waals surface area contributed by atoms with Crippen molar-refractivity contribution in [2.75, 3.05) is 51.2 Å². The van der Waals surface area contributed by atoms with Gasteiger partial charge in [0, 0.05) is 63.5 Å². The highest BCUT2D eigenvalue weighted by atomic mass is 35.5. The van der Waals surface area contributed by atoms with Crippen molar-refractivity contribution in [2.45, 2.75) is 24.7 Å². The fourth-order valence-electron chi connectivity index (χ4n) is 5.85. The zero-order chi connectivity index (χ0) is 30.9. The van der Waals surface area contributed by atoms with Gasteiger partial charge in [0.1, 0.15) is 5.82 Å². The van der Waals surface area contributed by atoms with Crippen molar-refractivity contribution in [3.8, 4) is 6.07 Å². The minimum atomic E-state index is -4.77. The number of alkyl halides is 3. The van der Waals surface area contributed by atoms with Crippen molar-refractivity contribution in [1.29, 1.82) is 5.26 Å². The monoisotopic (exact) mass is 633 g/mol. The molecular formula is C31H29Cl2F4N5O. The number of hydrogen-bond donors (Lipinski definition) is 0. The summed E-state index contributed by atoms with van der Waals surface area (Å²) in [6.07, 6.45) is -4.77. The van der Waals surface area contributed by atoms with Gasteiger partial charge in [0.2, 0.25) is 0 Å². The van der Waals surface area contributed by atoms with Gasteiger partial charge in [-0.25, -0.2) is 9.18 Å². The summed E-state index contributed by atoms with van der Waals surface area (Å²) in [4.78, 5) is 21.4. The quantitative estimate of drug-likeness (QED) is 0.288. The molecule has 2 fully saturated rings. The van der Waals surface area contributed by atoms with Gasteiger partial charge in [-0.1, -0.05) is 35.3 Å². The molecule has 0 aliphatic carbocycles. The van der Waals surface area contributed by atoms with E-state index < -0.39 is 17.6 Å². The second-order valence-corrected chi connectivity index (χ2v) is 11.7. The number of benzene rings is 3. The van der Waals surface area contributed by atoms with Gasteiger partial charge in [-0.2, -0.15) is 18.4 Å². The van der Waals surface area contributed by atoms with E-state index in [4.69, 9.17) is 28.5 Å². The van der Waals surface area contributed by atoms with Crippen molar-refractivity contribution in [2.24, 2.45) is 0 Å². The first kappa shape index (κ1) is 30.9. The van der Waals surface area contributed by atoms with Crippen molar-refractivity contribution < 1.29 is 22.4 Å². The van der Waals surface area contributed by atoms with Crippen LogP contribution < -0.4 is 4.90 Å². The number of carbonyl (C=O) groups is 1. The van der Waals surface area contributed by atoms with E-state index in [1.54, 1.807) is 29.2 Å². The van der Waals surface area contributed by atoms with Crippen LogP contribution in [0.2, 0.25) is 10.0 Å². The van der Waals surface area contributed by atoms with Crippen LogP contribution >= 0.6 is 23.2 Å². The summed E-state index contributed by atoms with van der Waals surface area (Å²) in [5.41, 5.74) is 1.55. The Kier molecular flexibility index (Phi) is 9.07. The van der Waals surface area contributed by atoms with E-state index in [2.05, 4.69) is 11.0 Å². The van der Waals surface area contributed by atoms with Crippen LogP contribution in [0, 0.1) is 17.1 Å². The summed E-state index contributed by atoms with van der Waals surface area (Å²) in [6, 6.07) is 17.5. The first-order chi connectivity index (χ1) is 20.4. The number of rotatable bonds is 5. The molecule has 2 atom stereocenters. The Bertz CT molecular complexity index is 1520. The van der Waals surface area contributed by atoms with Crippen LogP contribution in [0.25, 0.3) is 0 Å². The number of nitriles is 1. The van der Waals surface area contributed by atoms with E-state index in [9.17, 15) is 22.4 Å². The van der Waals surface area contributed by atoms with Gasteiger partial charge in [-0.3, -0.25) is 4.90 Å². The number of likely N-dealkylation sites (tertiary alicyclic amines) is 1. The standard InChI is InChI=1S/C31H29Cl2F4N5O/c1-39(17-21-4-8-25(28(34)14-21)31(35,36)37)29-19-42(18-24(29)22-5-9-26(32)27(33)15-22)30(43)41-12-10-40(11-13-41)23-6-2-20(16-38)3-7-23/h2-9,14-15,24,29H,10-13,17-19H2,1H3/t24-,29-/m1/s1. The SMILES string of the molecule is CN(Cc1ccc(C(F)(F)F)c(F)c1)[C@@H]1CN(C(=O)N2CCN(c3ccc(C#N)cc3)CC2)C[C@@H]1c1ccc(Cl)c(Cl)c1. The number of nitrogens with zero attached hydrogens (tertiary/aromatic N) is 5. The summed E-state index contributed by atoms with van der Waals surface area (Å²) in [5, 5.41) is 9.84. The van der Waals surface area contributed by atoms with E-state index in [0.29, 0.717) is 60.4 Å². The maximum atomic E-state index is 14.3. The molecule has 43 heavy (non-hydrogen) atoms. The molecule has 226 valence electrons. The van der Waals surface area contributed by atoms with E-state index >= 15 is 0 Å². The van der Waals surface area contributed by atoms with Crippen molar-refractivity contribution in [3.05, 3.63) is 98.8 Å². The van der Waals surface area contributed by atoms with Crippen molar-refractivity contribution in [1.82, 2.24) is 14.7 Å². The molecule has 3 aromatic rings. The van der Waals surface area contributed by atoms with Crippen LogP contribution in [-0.2, 0) is 12.7 Å². The number of likely N-dealkylation sites (N-methyl/N-ethyl adjacent to an activating group) is 1. The maximum absolute atomic E-state index is 14.3. The number of piperazine rings is 1. The van der Waals surface area contributed by atoms with Gasteiger partial charge >= 0.3 is 12.2 Å². The third-order valence-corrected chi connectivity index (χ3v) is 8.92. The van der Waals surface area contributed by atoms with Crippen LogP contribution in [0.1, 0.15) is 28.2 Å². The van der Waals surface area contributed by atoms with Crippen molar-refractivity contribution in [3.63, 3.8) is 0 Å². The van der Waals surface area contributed by atoms with Gasteiger partial charge < -0.3 is 14.7 Å². The smallest absolute Gasteiger partial charge is 0.368 e. The van der Waals surface area contributed by atoms with Gasteiger partial charge in [0.05, 0.1) is 27.2 Å². The van der Waals surface area contributed by atoms with E-state index in [0.717, 1.165) is 23.4 Å². The number of anilines is 1. The molecule has 2 amide bonds. The summed E-state index contributed by atoms with van der Waals surface area (Å²) in [5.74, 6) is -1.48. The highest BCUT2D eigenvalue weighted by Crippen LogP contribution is 2.36. The molecule has 0 radical (unpaired) electrons. The van der Waals surface area contributed by atoms with Gasteiger partial charge in [-0.15, -0.1) is 0 Å². The van der Waals surface area contributed by atoms with E-state index in [-0.39, 0.29) is 24.5 Å². The van der Waals surface area contributed by atoms with E-state index in [1.165, 1.54) is 6.07 Å². The minimum absolute atomic E-state index is 0.0963. The number of urea groups is 1. The van der Waals surface area contributed by atoms with Crippen molar-refractivity contribution >= 4 is 34.9 Å². The lowest BCUT2D eigenvalue weighted by Crippen LogP contribution is -2.52. The maximum Gasteiger partial charge on any atom is 0.419 e. The summed E-state index contributed by atoms with van der Waals surface area (Å²) >= 11 is 12.5. The minimum Gasteiger partial charge on any atom is -0.368 e. The zero-order valence-electron chi connectivity index (χ0n) is 23.3. The molecular weight excluding hydrogens is 605 g/mol. The molecule has 0 saturated carbocycles. The molecule has 2 heterocycles. The molecule has 6 nitrogen and oxygen atoms in total. The van der Waals surface area contributed by atoms with Crippen LogP contribution in [0.3, 0.4) is 0 Å². The van der Waals surface area contributed by atoms with Gasteiger partial charge in [0.15, 0.2) is 0 Å². The molecule has 0 unspecified atom stereocenters. The second kappa shape index (κ2) is 12.6. The second-order valence-electron chi connectivity index (χ2n) is 10.9. The molecule has 0 aromatic heterocycles. The molecule has 5 rings (SSSR count). The number of hydrogen-bond acceptors (Lipinski definition) is 4. The third-order valence-electron chi connectivity index (χ3n) is 8.18. The predicted molar refractivity (Wildman–Crippen MR) is 158 cm³/mol. The van der Waals surface area contributed by atoms with Crippen LogP contribution in [-0.4, -0.2) is 73.1 Å². The van der Waals surface area contributed by atoms with Gasteiger partial charge in [0.25, 0.3) is 0 Å². The first-order valence-electron chi connectivity index (χ1n) is 13.7. The average molecular weight is 635 g/mol.